The van der Waals surface area contributed by atoms with Gasteiger partial charge in [0.05, 0.1) is 11.5 Å². The van der Waals surface area contributed by atoms with Gasteiger partial charge in [-0.2, -0.15) is 4.98 Å². The lowest BCUT2D eigenvalue weighted by Crippen LogP contribution is -2.04. The maximum Gasteiger partial charge on any atom is 0.241 e. The number of nitrogens with one attached hydrogen (secondary N) is 1. The summed E-state index contributed by atoms with van der Waals surface area (Å²) in [6.45, 7) is 0.427. The maximum atomic E-state index is 12.9. The first-order chi connectivity index (χ1) is 13.2. The van der Waals surface area contributed by atoms with E-state index in [0.717, 1.165) is 12.0 Å². The van der Waals surface area contributed by atoms with Crippen molar-refractivity contribution in [1.29, 1.82) is 0 Å². The van der Waals surface area contributed by atoms with Gasteiger partial charge in [0.1, 0.15) is 22.3 Å². The van der Waals surface area contributed by atoms with Gasteiger partial charge in [-0.25, -0.2) is 13.4 Å². The van der Waals surface area contributed by atoms with Crippen molar-refractivity contribution in [2.75, 3.05) is 6.61 Å². The largest absolute Gasteiger partial charge is 0.476 e. The molecule has 4 aromatic rings. The molecule has 2 heterocycles. The summed E-state index contributed by atoms with van der Waals surface area (Å²) in [6, 6.07) is 18.2. The third-order valence-electron chi connectivity index (χ3n) is 4.21. The lowest BCUT2D eigenvalue weighted by molar-refractivity contribution is 0.312. The number of aromatic nitrogens is 3. The van der Waals surface area contributed by atoms with Crippen molar-refractivity contribution in [1.82, 2.24) is 15.0 Å². The first-order valence-electron chi connectivity index (χ1n) is 8.45. The Morgan fingerprint density at radius 3 is 2.37 bits per heavy atom. The normalized spacial score (nSPS) is 11.6. The van der Waals surface area contributed by atoms with Gasteiger partial charge in [0.15, 0.2) is 0 Å². The number of aromatic amines is 1. The standard InChI is InChI=1S/C20H17N3O3S/c24-27(25,16-9-5-2-6-10-16)17-13-21-19-18(17)22-14-23-20(19)26-12-11-15-7-3-1-4-8-15/h1-10,13-14,21H,11-12H2. The molecule has 0 aliphatic rings. The summed E-state index contributed by atoms with van der Waals surface area (Å²) in [4.78, 5) is 11.6. The number of ether oxygens (including phenoxy) is 1. The van der Waals surface area contributed by atoms with Crippen LogP contribution >= 0.6 is 0 Å². The lowest BCUT2D eigenvalue weighted by Gasteiger charge is -2.06. The molecular formula is C20H17N3O3S. The highest BCUT2D eigenvalue weighted by Gasteiger charge is 2.24. The molecule has 0 unspecified atom stereocenters. The minimum absolute atomic E-state index is 0.110. The number of nitrogens with zero attached hydrogens (tertiary/aromatic N) is 2. The fourth-order valence-corrected chi connectivity index (χ4v) is 4.24. The molecule has 0 saturated carbocycles. The van der Waals surface area contributed by atoms with Crippen molar-refractivity contribution in [3.05, 3.63) is 78.8 Å². The number of H-pyrrole nitrogens is 1. The molecule has 0 bridgehead atoms. The zero-order valence-electron chi connectivity index (χ0n) is 14.4. The van der Waals surface area contributed by atoms with E-state index in [9.17, 15) is 8.42 Å². The Bertz CT molecular complexity index is 1160. The van der Waals surface area contributed by atoms with Gasteiger partial charge in [-0.05, 0) is 17.7 Å². The van der Waals surface area contributed by atoms with Crippen molar-refractivity contribution in [2.45, 2.75) is 16.2 Å². The van der Waals surface area contributed by atoms with Crippen LogP contribution in [-0.4, -0.2) is 30.0 Å². The molecule has 0 aliphatic heterocycles. The Kier molecular flexibility index (Phi) is 4.60. The highest BCUT2D eigenvalue weighted by atomic mass is 32.2. The number of fused-ring (bicyclic) bond motifs is 1. The summed E-state index contributed by atoms with van der Waals surface area (Å²) in [6.07, 6.45) is 3.48. The van der Waals surface area contributed by atoms with Crippen molar-refractivity contribution < 1.29 is 13.2 Å². The topological polar surface area (TPSA) is 84.9 Å². The Morgan fingerprint density at radius 1 is 0.926 bits per heavy atom. The van der Waals surface area contributed by atoms with Crippen molar-refractivity contribution >= 4 is 20.9 Å². The molecule has 0 amide bonds. The minimum Gasteiger partial charge on any atom is -0.476 e. The van der Waals surface area contributed by atoms with E-state index in [1.54, 1.807) is 30.3 Å². The second-order valence-corrected chi connectivity index (χ2v) is 7.87. The first kappa shape index (κ1) is 17.2. The third kappa shape index (κ3) is 3.41. The van der Waals surface area contributed by atoms with E-state index < -0.39 is 9.84 Å². The Morgan fingerprint density at radius 2 is 1.63 bits per heavy atom. The predicted octanol–water partition coefficient (Wildman–Crippen LogP) is 3.41. The van der Waals surface area contributed by atoms with Gasteiger partial charge < -0.3 is 9.72 Å². The summed E-state index contributed by atoms with van der Waals surface area (Å²) in [5.74, 6) is 0.338. The summed E-state index contributed by atoms with van der Waals surface area (Å²) in [7, 11) is -3.68. The van der Waals surface area contributed by atoms with Gasteiger partial charge in [0.2, 0.25) is 15.7 Å². The zero-order chi connectivity index (χ0) is 18.7. The quantitative estimate of drug-likeness (QED) is 0.555. The van der Waals surface area contributed by atoms with Gasteiger partial charge >= 0.3 is 0 Å². The van der Waals surface area contributed by atoms with Crippen molar-refractivity contribution in [2.24, 2.45) is 0 Å². The first-order valence-corrected chi connectivity index (χ1v) is 9.93. The van der Waals surface area contributed by atoms with Crippen molar-refractivity contribution in [3.8, 4) is 5.88 Å². The molecule has 0 fully saturated rings. The van der Waals surface area contributed by atoms with Crippen LogP contribution < -0.4 is 4.74 Å². The third-order valence-corrected chi connectivity index (χ3v) is 5.99. The van der Waals surface area contributed by atoms with Gasteiger partial charge in [-0.15, -0.1) is 0 Å². The molecule has 0 saturated heterocycles. The van der Waals surface area contributed by atoms with E-state index in [2.05, 4.69) is 15.0 Å². The maximum absolute atomic E-state index is 12.9. The molecule has 136 valence electrons. The Balaban J connectivity index is 1.62. The van der Waals surface area contributed by atoms with Gasteiger partial charge in [0.25, 0.3) is 0 Å². The van der Waals surface area contributed by atoms with Crippen LogP contribution in [0.4, 0.5) is 0 Å². The Hall–Kier alpha value is -3.19. The molecule has 27 heavy (non-hydrogen) atoms. The fraction of sp³-hybridized carbons (Fsp3) is 0.100. The van der Waals surface area contributed by atoms with Crippen LogP contribution in [0.5, 0.6) is 5.88 Å². The second-order valence-electron chi connectivity index (χ2n) is 5.96. The molecular weight excluding hydrogens is 362 g/mol. The lowest BCUT2D eigenvalue weighted by atomic mass is 10.2. The highest BCUT2D eigenvalue weighted by Crippen LogP contribution is 2.30. The summed E-state index contributed by atoms with van der Waals surface area (Å²) >= 11 is 0. The molecule has 0 aliphatic carbocycles. The average molecular weight is 379 g/mol. The van der Waals surface area contributed by atoms with Crippen molar-refractivity contribution in [3.63, 3.8) is 0 Å². The van der Waals surface area contributed by atoms with Crippen LogP contribution in [0.3, 0.4) is 0 Å². The molecule has 1 N–H and O–H groups in total. The van der Waals surface area contributed by atoms with E-state index in [0.29, 0.717) is 23.5 Å². The predicted molar refractivity (Wildman–Crippen MR) is 101 cm³/mol. The SMILES string of the molecule is O=S(=O)(c1ccccc1)c1c[nH]c2c(OCCc3ccccc3)ncnc12. The molecule has 7 heteroatoms. The van der Waals surface area contributed by atoms with Gasteiger partial charge in [-0.1, -0.05) is 48.5 Å². The monoisotopic (exact) mass is 379 g/mol. The van der Waals surface area contributed by atoms with E-state index in [1.165, 1.54) is 12.5 Å². The minimum atomic E-state index is -3.68. The van der Waals surface area contributed by atoms with Crippen LogP contribution in [0.15, 0.2) is 83.0 Å². The van der Waals surface area contributed by atoms with Crippen LogP contribution in [0, 0.1) is 0 Å². The second kappa shape index (κ2) is 7.20. The number of hydrogen-bond acceptors (Lipinski definition) is 5. The molecule has 2 aromatic carbocycles. The van der Waals surface area contributed by atoms with E-state index in [-0.39, 0.29) is 9.79 Å². The van der Waals surface area contributed by atoms with Gasteiger partial charge in [0, 0.05) is 12.6 Å². The average Bonchev–Trinajstić information content (AvgIpc) is 3.15. The molecule has 0 atom stereocenters. The summed E-state index contributed by atoms with van der Waals surface area (Å²) in [5.41, 5.74) is 1.95. The Labute approximate surface area is 156 Å². The number of sulfone groups is 1. The molecule has 2 aromatic heterocycles. The molecule has 4 rings (SSSR count). The highest BCUT2D eigenvalue weighted by molar-refractivity contribution is 7.91. The fourth-order valence-electron chi connectivity index (χ4n) is 2.84. The number of hydrogen-bond donors (Lipinski definition) is 1. The van der Waals surface area contributed by atoms with E-state index >= 15 is 0 Å². The summed E-state index contributed by atoms with van der Waals surface area (Å²) < 4.78 is 31.6. The van der Waals surface area contributed by atoms with E-state index in [4.69, 9.17) is 4.74 Å². The van der Waals surface area contributed by atoms with Crippen LogP contribution in [0.1, 0.15) is 5.56 Å². The van der Waals surface area contributed by atoms with E-state index in [1.807, 2.05) is 30.3 Å². The smallest absolute Gasteiger partial charge is 0.241 e. The van der Waals surface area contributed by atoms with Crippen LogP contribution in [0.2, 0.25) is 0 Å². The summed E-state index contributed by atoms with van der Waals surface area (Å²) in [5, 5.41) is 0. The van der Waals surface area contributed by atoms with Gasteiger partial charge in [-0.3, -0.25) is 0 Å². The number of rotatable bonds is 6. The zero-order valence-corrected chi connectivity index (χ0v) is 15.2. The molecule has 6 nitrogen and oxygen atoms in total. The number of benzene rings is 2. The van der Waals surface area contributed by atoms with Crippen LogP contribution in [0.25, 0.3) is 11.0 Å². The van der Waals surface area contributed by atoms with Crippen LogP contribution in [-0.2, 0) is 16.3 Å². The molecule has 0 radical (unpaired) electrons. The molecule has 0 spiro atoms.